The molecule has 1 aromatic carbocycles. The molecule has 0 bridgehead atoms. The molecule has 2 heterocycles. The van der Waals surface area contributed by atoms with Gasteiger partial charge >= 0.3 is 0 Å². The summed E-state index contributed by atoms with van der Waals surface area (Å²) >= 11 is 5.29. The van der Waals surface area contributed by atoms with Gasteiger partial charge in [0.2, 0.25) is 0 Å². The van der Waals surface area contributed by atoms with E-state index in [1.54, 1.807) is 6.20 Å². The van der Waals surface area contributed by atoms with Crippen molar-refractivity contribution in [3.8, 4) is 11.5 Å². The van der Waals surface area contributed by atoms with E-state index in [1.807, 2.05) is 22.8 Å². The molecule has 4 nitrogen and oxygen atoms in total. The summed E-state index contributed by atoms with van der Waals surface area (Å²) in [5.41, 5.74) is 0.860. The van der Waals surface area contributed by atoms with Gasteiger partial charge in [-0.15, -0.1) is 0 Å². The molecule has 1 N–H and O–H groups in total. The van der Waals surface area contributed by atoms with Crippen LogP contribution < -0.4 is 0 Å². The number of H-pyrrole nitrogens is 1. The molecular formula is C14H14N4S. The fraction of sp³-hybridized carbons (Fsp3) is 0.214. The van der Waals surface area contributed by atoms with Gasteiger partial charge in [-0.3, -0.25) is 14.6 Å². The van der Waals surface area contributed by atoms with Crippen LogP contribution in [0.3, 0.4) is 0 Å². The third-order valence-corrected chi connectivity index (χ3v) is 3.39. The third kappa shape index (κ3) is 1.96. The number of hydrogen-bond donors (Lipinski definition) is 1. The number of pyridine rings is 1. The fourth-order valence-electron chi connectivity index (χ4n) is 2.25. The zero-order valence-corrected chi connectivity index (χ0v) is 11.6. The molecule has 3 rings (SSSR count). The Kier molecular flexibility index (Phi) is 2.91. The zero-order valence-electron chi connectivity index (χ0n) is 10.8. The Morgan fingerprint density at radius 2 is 2.00 bits per heavy atom. The first kappa shape index (κ1) is 12.0. The molecule has 5 heteroatoms. The Morgan fingerprint density at radius 3 is 2.79 bits per heavy atom. The topological polar surface area (TPSA) is 46.5 Å². The van der Waals surface area contributed by atoms with Gasteiger partial charge in [0.25, 0.3) is 0 Å². The first-order valence-corrected chi connectivity index (χ1v) is 6.60. The van der Waals surface area contributed by atoms with Gasteiger partial charge in [-0.05, 0) is 37.5 Å². The largest absolute Gasteiger partial charge is 0.296 e. The second-order valence-corrected chi connectivity index (χ2v) is 5.08. The summed E-state index contributed by atoms with van der Waals surface area (Å²) in [6, 6.07) is 10.4. The molecule has 3 aromatic rings. The second-order valence-electron chi connectivity index (χ2n) is 4.70. The number of aromatic amines is 1. The Hall–Kier alpha value is -2.01. The van der Waals surface area contributed by atoms with Crippen molar-refractivity contribution in [1.82, 2.24) is 19.7 Å². The molecule has 0 spiro atoms. The van der Waals surface area contributed by atoms with Gasteiger partial charge in [-0.1, -0.05) is 24.3 Å². The van der Waals surface area contributed by atoms with Gasteiger partial charge in [-0.25, -0.2) is 0 Å². The van der Waals surface area contributed by atoms with E-state index in [2.05, 4.69) is 41.2 Å². The van der Waals surface area contributed by atoms with Crippen molar-refractivity contribution in [3.05, 3.63) is 41.3 Å². The van der Waals surface area contributed by atoms with E-state index in [0.29, 0.717) is 4.77 Å². The van der Waals surface area contributed by atoms with Crippen LogP contribution in [-0.4, -0.2) is 19.7 Å². The average Bonchev–Trinajstić information content (AvgIpc) is 2.80. The Balaban J connectivity index is 2.34. The predicted octanol–water partition coefficient (Wildman–Crippen LogP) is 3.74. The van der Waals surface area contributed by atoms with Crippen LogP contribution in [0, 0.1) is 4.77 Å². The van der Waals surface area contributed by atoms with E-state index in [-0.39, 0.29) is 6.04 Å². The normalized spacial score (nSPS) is 11.3. The van der Waals surface area contributed by atoms with Crippen LogP contribution >= 0.6 is 12.2 Å². The van der Waals surface area contributed by atoms with E-state index in [0.717, 1.165) is 22.3 Å². The van der Waals surface area contributed by atoms with Crippen LogP contribution in [0.25, 0.3) is 22.3 Å². The molecule has 0 aliphatic rings. The van der Waals surface area contributed by atoms with E-state index < -0.39 is 0 Å². The third-order valence-electron chi connectivity index (χ3n) is 3.11. The molecule has 0 saturated carbocycles. The van der Waals surface area contributed by atoms with E-state index in [4.69, 9.17) is 12.2 Å². The smallest absolute Gasteiger partial charge is 0.195 e. The number of nitrogens with one attached hydrogen (secondary N) is 1. The number of aromatic nitrogens is 4. The first-order valence-electron chi connectivity index (χ1n) is 6.19. The molecular weight excluding hydrogens is 256 g/mol. The molecule has 0 atom stereocenters. The lowest BCUT2D eigenvalue weighted by molar-refractivity contribution is 0.596. The van der Waals surface area contributed by atoms with Crippen molar-refractivity contribution in [1.29, 1.82) is 0 Å². The lowest BCUT2D eigenvalue weighted by atomic mass is 10.1. The molecule has 0 radical (unpaired) electrons. The highest BCUT2D eigenvalue weighted by Gasteiger charge is 2.14. The van der Waals surface area contributed by atoms with E-state index in [9.17, 15) is 0 Å². The van der Waals surface area contributed by atoms with Gasteiger partial charge in [0.1, 0.15) is 5.69 Å². The van der Waals surface area contributed by atoms with Crippen LogP contribution in [0.1, 0.15) is 19.9 Å². The number of rotatable bonds is 2. The minimum Gasteiger partial charge on any atom is -0.296 e. The lowest BCUT2D eigenvalue weighted by Gasteiger charge is -2.11. The van der Waals surface area contributed by atoms with Crippen molar-refractivity contribution in [2.24, 2.45) is 0 Å². The fourth-order valence-corrected chi connectivity index (χ4v) is 2.59. The zero-order chi connectivity index (χ0) is 13.4. The molecule has 0 aliphatic heterocycles. The maximum absolute atomic E-state index is 5.29. The number of hydrogen-bond acceptors (Lipinski definition) is 3. The second kappa shape index (κ2) is 4.59. The average molecular weight is 270 g/mol. The van der Waals surface area contributed by atoms with Crippen molar-refractivity contribution in [2.45, 2.75) is 19.9 Å². The van der Waals surface area contributed by atoms with Crippen LogP contribution in [0.5, 0.6) is 0 Å². The molecule has 0 aliphatic carbocycles. The molecule has 2 aromatic heterocycles. The van der Waals surface area contributed by atoms with E-state index >= 15 is 0 Å². The van der Waals surface area contributed by atoms with Crippen molar-refractivity contribution in [3.63, 3.8) is 0 Å². The maximum atomic E-state index is 5.29. The van der Waals surface area contributed by atoms with Gasteiger partial charge in [0.15, 0.2) is 10.6 Å². The maximum Gasteiger partial charge on any atom is 0.195 e. The molecule has 19 heavy (non-hydrogen) atoms. The highest BCUT2D eigenvalue weighted by Crippen LogP contribution is 2.26. The first-order chi connectivity index (χ1) is 9.18. The standard InChI is InChI=1S/C14H14N4S/c1-9(2)18-13(16-17-14(18)19)12-11-6-4-3-5-10(11)7-8-15-12/h3-9H,1-2H3,(H,17,19). The molecule has 96 valence electrons. The summed E-state index contributed by atoms with van der Waals surface area (Å²) in [5.74, 6) is 0.789. The van der Waals surface area contributed by atoms with Crippen LogP contribution in [0.4, 0.5) is 0 Å². The summed E-state index contributed by atoms with van der Waals surface area (Å²) in [6.07, 6.45) is 1.81. The Bertz CT molecular complexity index is 780. The van der Waals surface area contributed by atoms with Gasteiger partial charge < -0.3 is 0 Å². The van der Waals surface area contributed by atoms with Gasteiger partial charge in [0.05, 0.1) is 0 Å². The van der Waals surface area contributed by atoms with Crippen LogP contribution in [0.15, 0.2) is 36.5 Å². The molecule has 0 amide bonds. The van der Waals surface area contributed by atoms with Gasteiger partial charge in [-0.2, -0.15) is 5.10 Å². The summed E-state index contributed by atoms with van der Waals surface area (Å²) in [7, 11) is 0. The summed E-state index contributed by atoms with van der Waals surface area (Å²) in [5, 5.41) is 9.43. The minimum absolute atomic E-state index is 0.238. The van der Waals surface area contributed by atoms with E-state index in [1.165, 1.54) is 0 Å². The summed E-state index contributed by atoms with van der Waals surface area (Å²) in [4.78, 5) is 4.48. The predicted molar refractivity (Wildman–Crippen MR) is 78.5 cm³/mol. The SMILES string of the molecule is CC(C)n1c(-c2nccc3ccccc23)n[nH]c1=S. The lowest BCUT2D eigenvalue weighted by Crippen LogP contribution is -2.04. The highest BCUT2D eigenvalue weighted by atomic mass is 32.1. The quantitative estimate of drug-likeness (QED) is 0.722. The monoisotopic (exact) mass is 270 g/mol. The number of nitrogens with zero attached hydrogens (tertiary/aromatic N) is 3. The minimum atomic E-state index is 0.238. The van der Waals surface area contributed by atoms with Gasteiger partial charge in [0, 0.05) is 17.6 Å². The van der Waals surface area contributed by atoms with Crippen LogP contribution in [0.2, 0.25) is 0 Å². The highest BCUT2D eigenvalue weighted by molar-refractivity contribution is 7.71. The number of benzene rings is 1. The van der Waals surface area contributed by atoms with Crippen molar-refractivity contribution < 1.29 is 0 Å². The number of fused-ring (bicyclic) bond motifs is 1. The Morgan fingerprint density at radius 1 is 1.21 bits per heavy atom. The molecule has 0 unspecified atom stereocenters. The molecule has 0 fully saturated rings. The molecule has 0 saturated heterocycles. The summed E-state index contributed by atoms with van der Waals surface area (Å²) in [6.45, 7) is 4.17. The summed E-state index contributed by atoms with van der Waals surface area (Å²) < 4.78 is 2.61. The van der Waals surface area contributed by atoms with Crippen LogP contribution in [-0.2, 0) is 0 Å². The van der Waals surface area contributed by atoms with Crippen molar-refractivity contribution in [2.75, 3.05) is 0 Å². The van der Waals surface area contributed by atoms with Crippen molar-refractivity contribution >= 4 is 23.0 Å². The Labute approximate surface area is 116 Å².